The third-order valence-electron chi connectivity index (χ3n) is 7.72. The van der Waals surface area contributed by atoms with Crippen molar-refractivity contribution in [2.24, 2.45) is 5.92 Å². The van der Waals surface area contributed by atoms with Crippen LogP contribution in [0, 0.1) is 5.92 Å². The predicted octanol–water partition coefficient (Wildman–Crippen LogP) is 2.82. The van der Waals surface area contributed by atoms with Crippen molar-refractivity contribution in [2.75, 3.05) is 32.7 Å². The minimum atomic E-state index is 0.0272. The van der Waals surface area contributed by atoms with E-state index in [4.69, 9.17) is 0 Å². The lowest BCUT2D eigenvalue weighted by Gasteiger charge is -2.35. The number of rotatable bonds is 5. The fourth-order valence-corrected chi connectivity index (χ4v) is 5.76. The summed E-state index contributed by atoms with van der Waals surface area (Å²) in [7, 11) is 0. The first-order valence-corrected chi connectivity index (χ1v) is 12.5. The molecule has 2 aromatic carbocycles. The largest absolute Gasteiger partial charge is 0.298 e. The average Bonchev–Trinajstić information content (AvgIpc) is 2.89. The van der Waals surface area contributed by atoms with E-state index in [1.807, 2.05) is 12.4 Å². The van der Waals surface area contributed by atoms with Gasteiger partial charge in [-0.15, -0.1) is 0 Å². The number of carbonyl (C=O) groups is 1. The fourth-order valence-electron chi connectivity index (χ4n) is 5.76. The lowest BCUT2D eigenvalue weighted by molar-refractivity contribution is -0.122. The maximum atomic E-state index is 13.3. The maximum Gasteiger partial charge on any atom is 0.153 e. The number of aromatic nitrogens is 1. The van der Waals surface area contributed by atoms with Crippen molar-refractivity contribution in [2.45, 2.75) is 25.8 Å². The van der Waals surface area contributed by atoms with Crippen LogP contribution in [0.1, 0.15) is 23.1 Å². The first-order valence-electron chi connectivity index (χ1n) is 12.5. The van der Waals surface area contributed by atoms with Crippen molar-refractivity contribution in [3.05, 3.63) is 88.1 Å². The van der Waals surface area contributed by atoms with Gasteiger partial charge in [-0.05, 0) is 69.6 Å². The number of nitrogens with zero attached hydrogens (tertiary/aromatic N) is 3. The molecule has 2 heterocycles. The molecule has 0 saturated carbocycles. The Kier molecular flexibility index (Phi) is 5.86. The summed E-state index contributed by atoms with van der Waals surface area (Å²) in [6.07, 6.45) is 11.3. The summed E-state index contributed by atoms with van der Waals surface area (Å²) in [6, 6.07) is 17.4. The van der Waals surface area contributed by atoms with Crippen LogP contribution in [0.4, 0.5) is 0 Å². The van der Waals surface area contributed by atoms with Crippen LogP contribution in [0.5, 0.6) is 0 Å². The van der Waals surface area contributed by atoms with E-state index in [-0.39, 0.29) is 5.92 Å². The number of hydrogen-bond donors (Lipinski definition) is 0. The highest BCUT2D eigenvalue weighted by molar-refractivity contribution is 5.88. The Morgan fingerprint density at radius 3 is 2.50 bits per heavy atom. The normalized spacial score (nSPS) is 19.8. The second-order valence-electron chi connectivity index (χ2n) is 9.85. The lowest BCUT2D eigenvalue weighted by atomic mass is 9.83. The van der Waals surface area contributed by atoms with Gasteiger partial charge in [-0.25, -0.2) is 0 Å². The van der Waals surface area contributed by atoms with E-state index in [9.17, 15) is 4.79 Å². The second-order valence-corrected chi connectivity index (χ2v) is 9.85. The van der Waals surface area contributed by atoms with Crippen molar-refractivity contribution >= 4 is 17.9 Å². The molecule has 0 spiro atoms. The Morgan fingerprint density at radius 1 is 0.853 bits per heavy atom. The van der Waals surface area contributed by atoms with Gasteiger partial charge in [-0.3, -0.25) is 19.6 Å². The van der Waals surface area contributed by atoms with Gasteiger partial charge in [0.2, 0.25) is 0 Å². The number of piperazine rings is 1. The number of carbonyl (C=O) groups excluding carboxylic acids is 1. The minimum absolute atomic E-state index is 0.0272. The second kappa shape index (κ2) is 9.28. The third kappa shape index (κ3) is 4.24. The summed E-state index contributed by atoms with van der Waals surface area (Å²) in [5.74, 6) is 0.404. The lowest BCUT2D eigenvalue weighted by Crippen LogP contribution is -2.48. The molecule has 1 saturated heterocycles. The summed E-state index contributed by atoms with van der Waals surface area (Å²) in [5, 5.41) is 2.64. The highest BCUT2D eigenvalue weighted by Crippen LogP contribution is 2.25. The molecule has 0 bridgehead atoms. The van der Waals surface area contributed by atoms with Gasteiger partial charge in [0.25, 0.3) is 0 Å². The summed E-state index contributed by atoms with van der Waals surface area (Å²) >= 11 is 0. The van der Waals surface area contributed by atoms with E-state index >= 15 is 0 Å². The number of aryl methyl sites for hydroxylation is 1. The maximum absolute atomic E-state index is 13.3. The predicted molar refractivity (Wildman–Crippen MR) is 137 cm³/mol. The zero-order valence-corrected chi connectivity index (χ0v) is 19.6. The SMILES string of the molecule is O=C(CN1CCN(Cc2ccncc2)CC1)C1C=c2c(ccc3c2=CCc2ccccc2-3)CC1. The molecule has 0 radical (unpaired) electrons. The van der Waals surface area contributed by atoms with Gasteiger partial charge in [0.05, 0.1) is 6.54 Å². The number of hydrogen-bond acceptors (Lipinski definition) is 4. The van der Waals surface area contributed by atoms with Gasteiger partial charge >= 0.3 is 0 Å². The molecule has 6 rings (SSSR count). The van der Waals surface area contributed by atoms with Crippen LogP contribution >= 0.6 is 0 Å². The first-order chi connectivity index (χ1) is 16.7. The van der Waals surface area contributed by atoms with Crippen molar-refractivity contribution in [3.8, 4) is 11.1 Å². The van der Waals surface area contributed by atoms with E-state index < -0.39 is 0 Å². The van der Waals surface area contributed by atoms with Gasteiger partial charge in [-0.1, -0.05) is 48.6 Å². The molecule has 1 aromatic heterocycles. The number of pyridine rings is 1. The molecule has 0 N–H and O–H groups in total. The van der Waals surface area contributed by atoms with Gasteiger partial charge < -0.3 is 0 Å². The van der Waals surface area contributed by atoms with Crippen LogP contribution in [-0.4, -0.2) is 53.3 Å². The number of fused-ring (bicyclic) bond motifs is 5. The topological polar surface area (TPSA) is 36.4 Å². The van der Waals surface area contributed by atoms with Crippen molar-refractivity contribution in [1.82, 2.24) is 14.8 Å². The monoisotopic (exact) mass is 449 g/mol. The van der Waals surface area contributed by atoms with Crippen LogP contribution in [0.25, 0.3) is 23.3 Å². The van der Waals surface area contributed by atoms with E-state index in [0.29, 0.717) is 12.3 Å². The highest BCUT2D eigenvalue weighted by atomic mass is 16.1. The summed E-state index contributed by atoms with van der Waals surface area (Å²) < 4.78 is 0. The van der Waals surface area contributed by atoms with Crippen molar-refractivity contribution < 1.29 is 4.79 Å². The Morgan fingerprint density at radius 2 is 1.65 bits per heavy atom. The molecule has 2 aliphatic carbocycles. The Labute approximate surface area is 201 Å². The van der Waals surface area contributed by atoms with E-state index in [2.05, 4.69) is 75.5 Å². The van der Waals surface area contributed by atoms with Crippen molar-refractivity contribution in [1.29, 1.82) is 0 Å². The zero-order chi connectivity index (χ0) is 22.9. The molecule has 3 aromatic rings. The molecule has 1 fully saturated rings. The molecular weight excluding hydrogens is 418 g/mol. The minimum Gasteiger partial charge on any atom is -0.298 e. The van der Waals surface area contributed by atoms with E-state index in [0.717, 1.165) is 52.0 Å². The zero-order valence-electron chi connectivity index (χ0n) is 19.6. The molecule has 34 heavy (non-hydrogen) atoms. The number of benzene rings is 2. The van der Waals surface area contributed by atoms with Gasteiger partial charge in [-0.2, -0.15) is 0 Å². The van der Waals surface area contributed by atoms with Crippen LogP contribution in [0.2, 0.25) is 0 Å². The summed E-state index contributed by atoms with van der Waals surface area (Å²) in [5.41, 5.74) is 6.74. The van der Waals surface area contributed by atoms with Crippen LogP contribution in [-0.2, 0) is 24.2 Å². The quantitative estimate of drug-likeness (QED) is 0.600. The Bertz CT molecular complexity index is 1320. The molecule has 1 unspecified atom stereocenters. The van der Waals surface area contributed by atoms with E-state index in [1.54, 1.807) is 0 Å². The van der Waals surface area contributed by atoms with Crippen LogP contribution in [0.15, 0.2) is 60.9 Å². The number of ketones is 1. The molecule has 4 nitrogen and oxygen atoms in total. The fraction of sp³-hybridized carbons (Fsp3) is 0.333. The summed E-state index contributed by atoms with van der Waals surface area (Å²) in [6.45, 7) is 5.47. The number of Topliss-reactive ketones (excluding diaryl/α,β-unsaturated/α-hetero) is 1. The van der Waals surface area contributed by atoms with Gasteiger partial charge in [0.1, 0.15) is 0 Å². The standard InChI is InChI=1S/C30H31N3O/c34-30(21-33-17-15-32(16-18-33)20-22-11-13-31-14-12-22)25-6-5-24-8-9-27-26-4-2-1-3-23(26)7-10-28(27)29(24)19-25/h1-4,8-14,19,25H,5-7,15-18,20-21H2. The van der Waals surface area contributed by atoms with E-state index in [1.165, 1.54) is 38.3 Å². The molecule has 1 aliphatic heterocycles. The van der Waals surface area contributed by atoms with Crippen LogP contribution in [0.3, 0.4) is 0 Å². The van der Waals surface area contributed by atoms with Gasteiger partial charge in [0, 0.05) is 51.0 Å². The first kappa shape index (κ1) is 21.5. The molecule has 172 valence electrons. The average molecular weight is 450 g/mol. The van der Waals surface area contributed by atoms with Crippen LogP contribution < -0.4 is 10.4 Å². The molecule has 1 atom stereocenters. The summed E-state index contributed by atoms with van der Waals surface area (Å²) in [4.78, 5) is 22.2. The smallest absolute Gasteiger partial charge is 0.153 e. The molecule has 3 aliphatic rings. The molecular formula is C30H31N3O. The third-order valence-corrected chi connectivity index (χ3v) is 7.72. The molecule has 4 heteroatoms. The molecule has 0 amide bonds. The van der Waals surface area contributed by atoms with Gasteiger partial charge in [0.15, 0.2) is 5.78 Å². The highest BCUT2D eigenvalue weighted by Gasteiger charge is 2.25. The Hall–Kier alpha value is -3.08. The Balaban J connectivity index is 1.15. The van der Waals surface area contributed by atoms with Crippen molar-refractivity contribution in [3.63, 3.8) is 0 Å².